The van der Waals surface area contributed by atoms with E-state index >= 15 is 0 Å². The van der Waals surface area contributed by atoms with Crippen LogP contribution in [-0.2, 0) is 4.74 Å². The maximum Gasteiger partial charge on any atom is 0.258 e. The van der Waals surface area contributed by atoms with Crippen LogP contribution < -0.4 is 5.84 Å². The Morgan fingerprint density at radius 1 is 1.41 bits per heavy atom. The van der Waals surface area contributed by atoms with E-state index in [0.29, 0.717) is 11.1 Å². The van der Waals surface area contributed by atoms with Crippen molar-refractivity contribution in [2.75, 3.05) is 13.2 Å². The lowest BCUT2D eigenvalue weighted by molar-refractivity contribution is 0.193. The third kappa shape index (κ3) is 2.02. The lowest BCUT2D eigenvalue weighted by Gasteiger charge is -2.05. The van der Waals surface area contributed by atoms with Gasteiger partial charge in [-0.2, -0.15) is 0 Å². The molecule has 5 N–H and O–H groups in total. The SMILES string of the molecule is N/N=C(/OCCO)c1[nH]c2ccccc2c1O. The number of nitrogens with one attached hydrogen (secondary N) is 1. The molecule has 0 aliphatic carbocycles. The van der Waals surface area contributed by atoms with Crippen LogP contribution in [0.5, 0.6) is 5.75 Å². The first-order valence-corrected chi connectivity index (χ1v) is 5.09. The van der Waals surface area contributed by atoms with Crippen LogP contribution in [0.1, 0.15) is 5.69 Å². The van der Waals surface area contributed by atoms with Gasteiger partial charge in [-0.1, -0.05) is 12.1 Å². The number of benzene rings is 1. The number of H-pyrrole nitrogens is 1. The van der Waals surface area contributed by atoms with Crippen molar-refractivity contribution in [1.29, 1.82) is 0 Å². The van der Waals surface area contributed by atoms with Gasteiger partial charge in [-0.05, 0) is 12.1 Å². The molecule has 0 spiro atoms. The van der Waals surface area contributed by atoms with Crippen molar-refractivity contribution < 1.29 is 14.9 Å². The quantitative estimate of drug-likeness (QED) is 0.269. The van der Waals surface area contributed by atoms with Gasteiger partial charge in [0.2, 0.25) is 0 Å². The number of hydrazone groups is 1. The molecule has 0 unspecified atom stereocenters. The molecule has 0 radical (unpaired) electrons. The van der Waals surface area contributed by atoms with Gasteiger partial charge in [0.05, 0.1) is 6.61 Å². The van der Waals surface area contributed by atoms with Crippen molar-refractivity contribution in [2.24, 2.45) is 10.9 Å². The molecule has 1 aromatic heterocycles. The number of para-hydroxylation sites is 1. The highest BCUT2D eigenvalue weighted by Gasteiger charge is 2.16. The molecule has 0 amide bonds. The Bertz CT molecular complexity index is 548. The molecular formula is C11H13N3O3. The normalized spacial score (nSPS) is 11.9. The first-order chi connectivity index (χ1) is 8.27. The van der Waals surface area contributed by atoms with Crippen LogP contribution in [-0.4, -0.2) is 34.3 Å². The number of aliphatic hydroxyl groups excluding tert-OH is 1. The second-order valence-electron chi connectivity index (χ2n) is 3.40. The van der Waals surface area contributed by atoms with Crippen LogP contribution in [0.4, 0.5) is 0 Å². The largest absolute Gasteiger partial charge is 0.505 e. The molecule has 0 atom stereocenters. The highest BCUT2D eigenvalue weighted by atomic mass is 16.5. The minimum atomic E-state index is -0.153. The Labute approximate surface area is 97.3 Å². The highest BCUT2D eigenvalue weighted by Crippen LogP contribution is 2.28. The van der Waals surface area contributed by atoms with Gasteiger partial charge >= 0.3 is 0 Å². The van der Waals surface area contributed by atoms with E-state index in [2.05, 4.69) is 10.1 Å². The summed E-state index contributed by atoms with van der Waals surface area (Å²) >= 11 is 0. The Morgan fingerprint density at radius 3 is 2.82 bits per heavy atom. The third-order valence-corrected chi connectivity index (χ3v) is 2.34. The fourth-order valence-corrected chi connectivity index (χ4v) is 1.60. The molecular weight excluding hydrogens is 222 g/mol. The standard InChI is InChI=1S/C11H13N3O3/c12-14-11(17-6-5-15)9-10(16)7-3-1-2-4-8(7)13-9/h1-4,13,15-16H,5-6,12H2/b14-11+. The Kier molecular flexibility index (Phi) is 3.15. The molecule has 1 heterocycles. The number of aromatic amines is 1. The zero-order valence-electron chi connectivity index (χ0n) is 9.05. The van der Waals surface area contributed by atoms with Crippen LogP contribution >= 0.6 is 0 Å². The summed E-state index contributed by atoms with van der Waals surface area (Å²) in [5.74, 6) is 5.28. The molecule has 0 aliphatic heterocycles. The van der Waals surface area contributed by atoms with Gasteiger partial charge < -0.3 is 25.8 Å². The molecule has 0 fully saturated rings. The lowest BCUT2D eigenvalue weighted by Crippen LogP contribution is -2.12. The van der Waals surface area contributed by atoms with Crippen LogP contribution in [0.15, 0.2) is 29.4 Å². The topological polar surface area (TPSA) is 104 Å². The molecule has 17 heavy (non-hydrogen) atoms. The van der Waals surface area contributed by atoms with E-state index in [1.807, 2.05) is 18.2 Å². The van der Waals surface area contributed by atoms with E-state index in [4.69, 9.17) is 15.7 Å². The summed E-state index contributed by atoms with van der Waals surface area (Å²) in [6.45, 7) is -0.0924. The van der Waals surface area contributed by atoms with E-state index in [9.17, 15) is 5.11 Å². The summed E-state index contributed by atoms with van der Waals surface area (Å²) in [4.78, 5) is 2.96. The number of aromatic nitrogens is 1. The third-order valence-electron chi connectivity index (χ3n) is 2.34. The summed E-state index contributed by atoms with van der Waals surface area (Å²) in [5, 5.41) is 22.8. The first kappa shape index (κ1) is 11.3. The second-order valence-corrected chi connectivity index (χ2v) is 3.40. The molecule has 2 rings (SSSR count). The molecule has 0 saturated carbocycles. The minimum Gasteiger partial charge on any atom is -0.505 e. The van der Waals surface area contributed by atoms with Gasteiger partial charge in [0, 0.05) is 10.9 Å². The predicted molar refractivity (Wildman–Crippen MR) is 63.7 cm³/mol. The Morgan fingerprint density at radius 2 is 2.18 bits per heavy atom. The van der Waals surface area contributed by atoms with Crippen molar-refractivity contribution in [3.05, 3.63) is 30.0 Å². The number of hydrogen-bond acceptors (Lipinski definition) is 5. The Hall–Kier alpha value is -2.21. The molecule has 90 valence electrons. The highest BCUT2D eigenvalue weighted by molar-refractivity contribution is 6.02. The number of hydrogen-bond donors (Lipinski definition) is 4. The average molecular weight is 235 g/mol. The molecule has 1 aromatic carbocycles. The smallest absolute Gasteiger partial charge is 0.258 e. The summed E-state index contributed by atoms with van der Waals surface area (Å²) in [6.07, 6.45) is 0. The summed E-state index contributed by atoms with van der Waals surface area (Å²) < 4.78 is 5.12. The van der Waals surface area contributed by atoms with Crippen LogP contribution in [0.3, 0.4) is 0 Å². The maximum atomic E-state index is 9.98. The van der Waals surface area contributed by atoms with Crippen molar-refractivity contribution >= 4 is 16.8 Å². The van der Waals surface area contributed by atoms with E-state index in [-0.39, 0.29) is 24.9 Å². The number of rotatable bonds is 3. The predicted octanol–water partition coefficient (Wildman–Crippen LogP) is 0.503. The fourth-order valence-electron chi connectivity index (χ4n) is 1.60. The van der Waals surface area contributed by atoms with Gasteiger partial charge in [0.15, 0.2) is 5.75 Å². The van der Waals surface area contributed by atoms with Crippen LogP contribution in [0, 0.1) is 0 Å². The molecule has 0 aliphatic rings. The molecule has 0 saturated heterocycles. The monoisotopic (exact) mass is 235 g/mol. The molecule has 2 aromatic rings. The zero-order chi connectivity index (χ0) is 12.3. The maximum absolute atomic E-state index is 9.98. The van der Waals surface area contributed by atoms with Crippen molar-refractivity contribution in [1.82, 2.24) is 4.98 Å². The van der Waals surface area contributed by atoms with E-state index in [1.54, 1.807) is 6.07 Å². The van der Waals surface area contributed by atoms with Crippen LogP contribution in [0.25, 0.3) is 10.9 Å². The number of nitrogens with zero attached hydrogens (tertiary/aromatic N) is 1. The number of aromatic hydroxyl groups is 1. The minimum absolute atomic E-state index is 0.0303. The fraction of sp³-hybridized carbons (Fsp3) is 0.182. The van der Waals surface area contributed by atoms with Gasteiger partial charge in [-0.15, -0.1) is 5.10 Å². The number of ether oxygens (including phenoxy) is 1. The van der Waals surface area contributed by atoms with E-state index < -0.39 is 0 Å². The van der Waals surface area contributed by atoms with Gasteiger partial charge in [-0.3, -0.25) is 0 Å². The molecule has 0 bridgehead atoms. The number of fused-ring (bicyclic) bond motifs is 1. The van der Waals surface area contributed by atoms with E-state index in [1.165, 1.54) is 0 Å². The van der Waals surface area contributed by atoms with Gasteiger partial charge in [-0.25, -0.2) is 0 Å². The van der Waals surface area contributed by atoms with Gasteiger partial charge in [0.1, 0.15) is 12.3 Å². The number of aliphatic hydroxyl groups is 1. The second kappa shape index (κ2) is 4.75. The van der Waals surface area contributed by atoms with E-state index in [0.717, 1.165) is 5.52 Å². The van der Waals surface area contributed by atoms with Gasteiger partial charge in [0.25, 0.3) is 5.90 Å². The Balaban J connectivity index is 2.44. The van der Waals surface area contributed by atoms with Crippen molar-refractivity contribution in [2.45, 2.75) is 0 Å². The molecule has 6 heteroatoms. The summed E-state index contributed by atoms with van der Waals surface area (Å²) in [7, 11) is 0. The van der Waals surface area contributed by atoms with Crippen molar-refractivity contribution in [3.8, 4) is 5.75 Å². The average Bonchev–Trinajstić information content (AvgIpc) is 2.69. The van der Waals surface area contributed by atoms with Crippen molar-refractivity contribution in [3.63, 3.8) is 0 Å². The lowest BCUT2D eigenvalue weighted by atomic mass is 10.2. The first-order valence-electron chi connectivity index (χ1n) is 5.09. The molecule has 6 nitrogen and oxygen atoms in total. The van der Waals surface area contributed by atoms with Crippen LogP contribution in [0.2, 0.25) is 0 Å². The summed E-state index contributed by atoms with van der Waals surface area (Å²) in [5.41, 5.74) is 1.07. The number of nitrogens with two attached hydrogens (primary N) is 1. The zero-order valence-corrected chi connectivity index (χ0v) is 9.05. The summed E-state index contributed by atoms with van der Waals surface area (Å²) in [6, 6.07) is 7.24.